The molecule has 4 rings (SSSR count). The van der Waals surface area contributed by atoms with Gasteiger partial charge in [0.05, 0.1) is 17.6 Å². The number of rotatable bonds is 3. The smallest absolute Gasteiger partial charge is 0.273 e. The fraction of sp³-hybridized carbons (Fsp3) is 0. The summed E-state index contributed by atoms with van der Waals surface area (Å²) in [6.07, 6.45) is 4.61. The normalized spacial score (nSPS) is 15.8. The van der Waals surface area contributed by atoms with Crippen LogP contribution in [-0.4, -0.2) is 27.6 Å². The van der Waals surface area contributed by atoms with Crippen LogP contribution in [0.3, 0.4) is 0 Å². The monoisotopic (exact) mass is 392 g/mol. The van der Waals surface area contributed by atoms with Crippen LogP contribution < -0.4 is 10.2 Å². The summed E-state index contributed by atoms with van der Waals surface area (Å²) in [6.45, 7) is 0. The molecule has 1 saturated heterocycles. The van der Waals surface area contributed by atoms with Crippen LogP contribution in [0.5, 0.6) is 0 Å². The third kappa shape index (κ3) is 3.30. The van der Waals surface area contributed by atoms with Gasteiger partial charge in [-0.05, 0) is 36.4 Å². The second kappa shape index (κ2) is 7.13. The first-order chi connectivity index (χ1) is 13.5. The average Bonchev–Trinajstić information content (AvgIpc) is 3.14. The van der Waals surface area contributed by atoms with Crippen LogP contribution in [0, 0.1) is 0 Å². The van der Waals surface area contributed by atoms with E-state index in [9.17, 15) is 14.4 Å². The minimum Gasteiger partial charge on any atom is -0.273 e. The van der Waals surface area contributed by atoms with E-state index in [4.69, 9.17) is 11.6 Å². The summed E-state index contributed by atoms with van der Waals surface area (Å²) >= 11 is 5.95. The van der Waals surface area contributed by atoms with Gasteiger partial charge in [0.1, 0.15) is 5.57 Å². The summed E-state index contributed by atoms with van der Waals surface area (Å²) < 4.78 is 1.62. The highest BCUT2D eigenvalue weighted by Gasteiger charge is 2.36. The molecule has 3 aromatic rings. The maximum absolute atomic E-state index is 12.8. The highest BCUT2D eigenvalue weighted by atomic mass is 35.5. The lowest BCUT2D eigenvalue weighted by molar-refractivity contribution is -0.122. The van der Waals surface area contributed by atoms with Gasteiger partial charge in [0.15, 0.2) is 0 Å². The number of nitrogens with one attached hydrogen (secondary N) is 1. The van der Waals surface area contributed by atoms with Crippen molar-refractivity contribution in [3.05, 3.63) is 83.2 Å². The highest BCUT2D eigenvalue weighted by molar-refractivity contribution is 6.39. The lowest BCUT2D eigenvalue weighted by Crippen LogP contribution is -2.54. The van der Waals surface area contributed by atoms with Crippen LogP contribution in [0.2, 0.25) is 5.02 Å². The third-order valence-electron chi connectivity index (χ3n) is 4.10. The zero-order valence-electron chi connectivity index (χ0n) is 14.4. The van der Waals surface area contributed by atoms with Crippen LogP contribution in [-0.2, 0) is 9.59 Å². The summed E-state index contributed by atoms with van der Waals surface area (Å²) in [5.41, 5.74) is 1.48. The molecule has 0 saturated carbocycles. The fourth-order valence-corrected chi connectivity index (χ4v) is 2.99. The van der Waals surface area contributed by atoms with E-state index >= 15 is 0 Å². The first-order valence-electron chi connectivity index (χ1n) is 8.30. The first kappa shape index (κ1) is 17.7. The molecule has 4 amide bonds. The molecule has 28 heavy (non-hydrogen) atoms. The predicted octanol–water partition coefficient (Wildman–Crippen LogP) is 3.19. The van der Waals surface area contributed by atoms with Gasteiger partial charge in [0.2, 0.25) is 0 Å². The van der Waals surface area contributed by atoms with E-state index in [2.05, 4.69) is 10.4 Å². The maximum Gasteiger partial charge on any atom is 0.335 e. The molecule has 0 aliphatic carbocycles. The second-order valence-corrected chi connectivity index (χ2v) is 6.43. The molecule has 0 atom stereocenters. The topological polar surface area (TPSA) is 84.3 Å². The van der Waals surface area contributed by atoms with Gasteiger partial charge in [-0.3, -0.25) is 14.9 Å². The van der Waals surface area contributed by atoms with Crippen molar-refractivity contribution < 1.29 is 14.4 Å². The number of halogens is 1. The predicted molar refractivity (Wildman–Crippen MR) is 104 cm³/mol. The zero-order valence-corrected chi connectivity index (χ0v) is 15.1. The molecule has 1 aromatic heterocycles. The van der Waals surface area contributed by atoms with Crippen LogP contribution >= 0.6 is 11.6 Å². The number of amides is 4. The minimum atomic E-state index is -0.825. The van der Waals surface area contributed by atoms with Gasteiger partial charge in [0, 0.05) is 16.8 Å². The van der Waals surface area contributed by atoms with Gasteiger partial charge in [0.25, 0.3) is 11.8 Å². The van der Waals surface area contributed by atoms with E-state index in [1.54, 1.807) is 29.1 Å². The second-order valence-electron chi connectivity index (χ2n) is 5.99. The van der Waals surface area contributed by atoms with Gasteiger partial charge in [-0.25, -0.2) is 14.4 Å². The fourth-order valence-electron chi connectivity index (χ4n) is 2.81. The average molecular weight is 393 g/mol. The number of hydrogen-bond donors (Lipinski definition) is 1. The molecular weight excluding hydrogens is 380 g/mol. The lowest BCUT2D eigenvalue weighted by Gasteiger charge is -2.26. The Bertz CT molecular complexity index is 1120. The summed E-state index contributed by atoms with van der Waals surface area (Å²) in [5, 5.41) is 6.78. The number of barbiturate groups is 1. The third-order valence-corrected chi connectivity index (χ3v) is 4.34. The van der Waals surface area contributed by atoms with Crippen molar-refractivity contribution in [1.82, 2.24) is 15.1 Å². The molecule has 1 aliphatic rings. The lowest BCUT2D eigenvalue weighted by atomic mass is 10.1. The Labute approximate surface area is 164 Å². The molecule has 0 radical (unpaired) electrons. The standard InChI is InChI=1S/C20H13ClN4O3/c21-14-5-4-8-16(10-14)25-19(27)17(18(26)23-20(25)28)9-13-11-22-24(12-13)15-6-2-1-3-7-15/h1-12H,(H,23,26,28). The van der Waals surface area contributed by atoms with Crippen LogP contribution in [0.1, 0.15) is 5.56 Å². The molecule has 1 fully saturated rings. The molecule has 1 N–H and O–H groups in total. The number of benzene rings is 2. The Hall–Kier alpha value is -3.71. The number of nitrogens with zero attached hydrogens (tertiary/aromatic N) is 3. The zero-order chi connectivity index (χ0) is 19.7. The number of carbonyl (C=O) groups excluding carboxylic acids is 3. The van der Waals surface area contributed by atoms with E-state index in [1.807, 2.05) is 30.3 Å². The van der Waals surface area contributed by atoms with Crippen molar-refractivity contribution in [2.24, 2.45) is 0 Å². The Morgan fingerprint density at radius 2 is 1.71 bits per heavy atom. The van der Waals surface area contributed by atoms with Gasteiger partial charge < -0.3 is 0 Å². The largest absolute Gasteiger partial charge is 0.335 e. The molecule has 138 valence electrons. The number of anilines is 1. The Morgan fingerprint density at radius 3 is 2.46 bits per heavy atom. The first-order valence-corrected chi connectivity index (χ1v) is 8.68. The van der Waals surface area contributed by atoms with Crippen molar-refractivity contribution in [3.63, 3.8) is 0 Å². The van der Waals surface area contributed by atoms with E-state index in [0.29, 0.717) is 10.6 Å². The van der Waals surface area contributed by atoms with Crippen molar-refractivity contribution in [1.29, 1.82) is 0 Å². The maximum atomic E-state index is 12.8. The van der Waals surface area contributed by atoms with E-state index < -0.39 is 17.8 Å². The number of hydrogen-bond acceptors (Lipinski definition) is 4. The van der Waals surface area contributed by atoms with E-state index in [1.165, 1.54) is 18.3 Å². The van der Waals surface area contributed by atoms with Gasteiger partial charge >= 0.3 is 6.03 Å². The summed E-state index contributed by atoms with van der Waals surface area (Å²) in [4.78, 5) is 38.2. The number of imide groups is 2. The Morgan fingerprint density at radius 1 is 0.964 bits per heavy atom. The van der Waals surface area contributed by atoms with E-state index in [0.717, 1.165) is 10.6 Å². The summed E-state index contributed by atoms with van der Waals surface area (Å²) in [7, 11) is 0. The van der Waals surface area contributed by atoms with Crippen molar-refractivity contribution in [2.75, 3.05) is 4.90 Å². The van der Waals surface area contributed by atoms with Crippen LogP contribution in [0.25, 0.3) is 11.8 Å². The number of urea groups is 1. The number of para-hydroxylation sites is 1. The summed E-state index contributed by atoms with van der Waals surface area (Å²) in [6, 6.07) is 14.8. The molecule has 2 heterocycles. The number of aromatic nitrogens is 2. The molecule has 0 bridgehead atoms. The highest BCUT2D eigenvalue weighted by Crippen LogP contribution is 2.24. The van der Waals surface area contributed by atoms with Crippen molar-refractivity contribution in [2.45, 2.75) is 0 Å². The van der Waals surface area contributed by atoms with Gasteiger partial charge in [-0.2, -0.15) is 5.10 Å². The molecule has 8 heteroatoms. The van der Waals surface area contributed by atoms with Gasteiger partial charge in [-0.15, -0.1) is 0 Å². The van der Waals surface area contributed by atoms with Crippen molar-refractivity contribution in [3.8, 4) is 5.69 Å². The molecular formula is C20H13ClN4O3. The Balaban J connectivity index is 1.69. The van der Waals surface area contributed by atoms with Crippen LogP contribution in [0.15, 0.2) is 72.6 Å². The SMILES string of the molecule is O=C1NC(=O)N(c2cccc(Cl)c2)C(=O)C1=Cc1cnn(-c2ccccc2)c1. The van der Waals surface area contributed by atoms with E-state index in [-0.39, 0.29) is 11.3 Å². The Kier molecular flexibility index (Phi) is 4.50. The van der Waals surface area contributed by atoms with Crippen LogP contribution in [0.4, 0.5) is 10.5 Å². The van der Waals surface area contributed by atoms with Crippen molar-refractivity contribution >= 4 is 41.2 Å². The quantitative estimate of drug-likeness (QED) is 0.548. The molecule has 0 spiro atoms. The van der Waals surface area contributed by atoms with Gasteiger partial charge in [-0.1, -0.05) is 35.9 Å². The molecule has 0 unspecified atom stereocenters. The number of carbonyl (C=O) groups is 3. The molecule has 1 aliphatic heterocycles. The summed E-state index contributed by atoms with van der Waals surface area (Å²) in [5.74, 6) is -1.50. The minimum absolute atomic E-state index is 0.174. The molecule has 2 aromatic carbocycles. The molecule has 7 nitrogen and oxygen atoms in total.